The third kappa shape index (κ3) is 2.43. The number of rotatable bonds is 3. The number of esters is 2. The minimum Gasteiger partial charge on any atom is -0.497 e. The monoisotopic (exact) mass is 400 g/mol. The van der Waals surface area contributed by atoms with Gasteiger partial charge in [-0.15, -0.1) is 0 Å². The number of fused-ring (bicyclic) bond motifs is 6. The van der Waals surface area contributed by atoms with Gasteiger partial charge in [0.2, 0.25) is 0 Å². The fourth-order valence-corrected chi connectivity index (χ4v) is 3.98. The van der Waals surface area contributed by atoms with Crippen LogP contribution < -0.4 is 14.2 Å². The Bertz CT molecular complexity index is 1230. The van der Waals surface area contributed by atoms with Gasteiger partial charge in [0.1, 0.15) is 23.0 Å². The van der Waals surface area contributed by atoms with E-state index in [4.69, 9.17) is 18.9 Å². The summed E-state index contributed by atoms with van der Waals surface area (Å²) in [6.45, 7) is 3.41. The Labute approximate surface area is 172 Å². The molecule has 1 unspecified atom stereocenters. The number of carbonyl (C=O) groups excluding carboxylic acids is 2. The highest BCUT2D eigenvalue weighted by molar-refractivity contribution is 5.97. The predicted molar refractivity (Wildman–Crippen MR) is 107 cm³/mol. The Morgan fingerprint density at radius 3 is 2.33 bits per heavy atom. The molecule has 2 heterocycles. The maximum atomic E-state index is 12.8. The van der Waals surface area contributed by atoms with Crippen molar-refractivity contribution in [2.24, 2.45) is 0 Å². The van der Waals surface area contributed by atoms with Crippen molar-refractivity contribution in [1.82, 2.24) is 0 Å². The zero-order chi connectivity index (χ0) is 20.9. The summed E-state index contributed by atoms with van der Waals surface area (Å²) in [4.78, 5) is 24.4. The molecule has 0 aromatic heterocycles. The second-order valence-electron chi connectivity index (χ2n) is 6.86. The molecule has 1 atom stereocenters. The average molecular weight is 400 g/mol. The third-order valence-corrected chi connectivity index (χ3v) is 5.28. The molecule has 0 bridgehead atoms. The lowest BCUT2D eigenvalue weighted by Crippen LogP contribution is -2.33. The quantitative estimate of drug-likeness (QED) is 0.370. The molecule has 2 aliphatic rings. The summed E-state index contributed by atoms with van der Waals surface area (Å²) in [7, 11) is 1.56. The number of ether oxygens (including phenoxy) is 4. The lowest BCUT2D eigenvalue weighted by Gasteiger charge is -2.36. The second-order valence-corrected chi connectivity index (χ2v) is 6.86. The van der Waals surface area contributed by atoms with Crippen LogP contribution in [0.25, 0.3) is 0 Å². The predicted octanol–water partition coefficient (Wildman–Crippen LogP) is 4.35. The van der Waals surface area contributed by atoms with Crippen molar-refractivity contribution in [2.45, 2.75) is 5.60 Å². The minimum absolute atomic E-state index is 0.290. The van der Waals surface area contributed by atoms with Crippen molar-refractivity contribution in [3.05, 3.63) is 95.6 Å². The Kier molecular flexibility index (Phi) is 3.89. The number of methoxy groups -OCH3 is 1. The van der Waals surface area contributed by atoms with Crippen LogP contribution in [0.15, 0.2) is 73.3 Å². The fraction of sp³-hybridized carbons (Fsp3) is 0.0833. The van der Waals surface area contributed by atoms with Crippen LogP contribution in [-0.4, -0.2) is 19.0 Å². The highest BCUT2D eigenvalue weighted by Gasteiger charge is 2.53. The standard InChI is InChI=1S/C24H16O6/c1-3-22(25)28-15-9-11-19-21(13-15)29-20-12-14(27-2)8-10-18(20)24(19)17-7-5-4-6-16(17)23(26)30-24/h3-13H,1H2,2H3. The lowest BCUT2D eigenvalue weighted by molar-refractivity contribution is -0.128. The van der Waals surface area contributed by atoms with E-state index in [1.807, 2.05) is 18.2 Å². The van der Waals surface area contributed by atoms with E-state index >= 15 is 0 Å². The number of benzene rings is 3. The topological polar surface area (TPSA) is 71.1 Å². The van der Waals surface area contributed by atoms with Crippen LogP contribution in [0.2, 0.25) is 0 Å². The van der Waals surface area contributed by atoms with Crippen molar-refractivity contribution >= 4 is 11.9 Å². The Morgan fingerprint density at radius 1 is 0.967 bits per heavy atom. The summed E-state index contributed by atoms with van der Waals surface area (Å²) < 4.78 is 22.7. The molecule has 0 amide bonds. The molecule has 0 saturated heterocycles. The maximum Gasteiger partial charge on any atom is 0.340 e. The zero-order valence-electron chi connectivity index (χ0n) is 16.0. The summed E-state index contributed by atoms with van der Waals surface area (Å²) in [5, 5.41) is 0. The first kappa shape index (κ1) is 18.0. The van der Waals surface area contributed by atoms with Gasteiger partial charge in [-0.3, -0.25) is 0 Å². The number of hydrogen-bond acceptors (Lipinski definition) is 6. The van der Waals surface area contributed by atoms with E-state index < -0.39 is 17.5 Å². The van der Waals surface area contributed by atoms with E-state index in [1.165, 1.54) is 0 Å². The van der Waals surface area contributed by atoms with Gasteiger partial charge in [-0.05, 0) is 30.3 Å². The first-order valence-electron chi connectivity index (χ1n) is 9.25. The van der Waals surface area contributed by atoms with Gasteiger partial charge in [-0.25, -0.2) is 9.59 Å². The van der Waals surface area contributed by atoms with Crippen LogP contribution in [0, 0.1) is 0 Å². The molecule has 30 heavy (non-hydrogen) atoms. The Hall–Kier alpha value is -4.06. The number of hydrogen-bond donors (Lipinski definition) is 0. The molecule has 6 nitrogen and oxygen atoms in total. The maximum absolute atomic E-state index is 12.8. The van der Waals surface area contributed by atoms with Crippen molar-refractivity contribution in [3.63, 3.8) is 0 Å². The summed E-state index contributed by atoms with van der Waals surface area (Å²) >= 11 is 0. The van der Waals surface area contributed by atoms with Crippen LogP contribution in [-0.2, 0) is 15.1 Å². The molecular weight excluding hydrogens is 384 g/mol. The largest absolute Gasteiger partial charge is 0.497 e. The SMILES string of the molecule is C=CC(=O)Oc1ccc2c(c1)Oc1cc(OC)ccc1C21OC(=O)c2ccccc21. The Balaban J connectivity index is 1.77. The molecule has 3 aromatic carbocycles. The van der Waals surface area contributed by atoms with Crippen molar-refractivity contribution in [2.75, 3.05) is 7.11 Å². The van der Waals surface area contributed by atoms with Crippen LogP contribution in [0.3, 0.4) is 0 Å². The third-order valence-electron chi connectivity index (χ3n) is 5.28. The number of carbonyl (C=O) groups is 2. The van der Waals surface area contributed by atoms with E-state index in [-0.39, 0.29) is 5.75 Å². The first-order chi connectivity index (χ1) is 14.6. The van der Waals surface area contributed by atoms with Crippen molar-refractivity contribution in [3.8, 4) is 23.0 Å². The summed E-state index contributed by atoms with van der Waals surface area (Å²) in [6.07, 6.45) is 1.08. The van der Waals surface area contributed by atoms with Gasteiger partial charge >= 0.3 is 11.9 Å². The van der Waals surface area contributed by atoms with Crippen molar-refractivity contribution < 1.29 is 28.5 Å². The molecule has 5 rings (SSSR count). The highest BCUT2D eigenvalue weighted by atomic mass is 16.6. The van der Waals surface area contributed by atoms with Gasteiger partial charge in [-0.2, -0.15) is 0 Å². The van der Waals surface area contributed by atoms with Gasteiger partial charge in [0.05, 0.1) is 12.7 Å². The van der Waals surface area contributed by atoms with Gasteiger partial charge < -0.3 is 18.9 Å². The minimum atomic E-state index is -1.18. The van der Waals surface area contributed by atoms with Gasteiger partial charge in [-0.1, -0.05) is 24.8 Å². The van der Waals surface area contributed by atoms with E-state index in [0.29, 0.717) is 33.9 Å². The lowest BCUT2D eigenvalue weighted by atomic mass is 9.77. The van der Waals surface area contributed by atoms with Gasteiger partial charge in [0, 0.05) is 34.9 Å². The molecule has 1 spiro atoms. The molecule has 2 aliphatic heterocycles. The molecule has 3 aromatic rings. The smallest absolute Gasteiger partial charge is 0.340 e. The first-order valence-corrected chi connectivity index (χ1v) is 9.25. The van der Waals surface area contributed by atoms with Crippen LogP contribution in [0.4, 0.5) is 0 Å². The van der Waals surface area contributed by atoms with E-state index in [0.717, 1.165) is 11.6 Å². The van der Waals surface area contributed by atoms with Crippen LogP contribution in [0.5, 0.6) is 23.0 Å². The van der Waals surface area contributed by atoms with Gasteiger partial charge in [0.15, 0.2) is 5.60 Å². The summed E-state index contributed by atoms with van der Waals surface area (Å²) in [5.41, 5.74) is 1.36. The normalized spacial score (nSPS) is 17.8. The Morgan fingerprint density at radius 2 is 1.63 bits per heavy atom. The van der Waals surface area contributed by atoms with Gasteiger partial charge in [0.25, 0.3) is 0 Å². The molecule has 148 valence electrons. The average Bonchev–Trinajstić information content (AvgIpc) is 3.06. The summed E-state index contributed by atoms with van der Waals surface area (Å²) in [5.74, 6) is 0.785. The van der Waals surface area contributed by atoms with E-state index in [1.54, 1.807) is 49.6 Å². The highest BCUT2D eigenvalue weighted by Crippen LogP contribution is 2.56. The van der Waals surface area contributed by atoms with E-state index in [9.17, 15) is 9.59 Å². The fourth-order valence-electron chi connectivity index (χ4n) is 3.98. The van der Waals surface area contributed by atoms with E-state index in [2.05, 4.69) is 6.58 Å². The summed E-state index contributed by atoms with van der Waals surface area (Å²) in [6, 6.07) is 17.6. The van der Waals surface area contributed by atoms with Crippen molar-refractivity contribution in [1.29, 1.82) is 0 Å². The van der Waals surface area contributed by atoms with Crippen LogP contribution >= 0.6 is 0 Å². The van der Waals surface area contributed by atoms with Crippen LogP contribution in [0.1, 0.15) is 27.0 Å². The molecule has 0 saturated carbocycles. The molecule has 0 aliphatic carbocycles. The second kappa shape index (κ2) is 6.49. The molecular formula is C24H16O6. The molecule has 0 N–H and O–H groups in total. The molecule has 0 fully saturated rings. The zero-order valence-corrected chi connectivity index (χ0v) is 16.0. The molecule has 6 heteroatoms. The molecule has 0 radical (unpaired) electrons.